The number of nitrogens with one attached hydrogen (secondary N) is 2. The molecule has 1 aromatic carbocycles. The summed E-state index contributed by atoms with van der Waals surface area (Å²) in [5.41, 5.74) is 0.965. The fraction of sp³-hybridized carbons (Fsp3) is 0.286. The fourth-order valence-corrected chi connectivity index (χ4v) is 5.66. The molecule has 3 heterocycles. The van der Waals surface area contributed by atoms with E-state index < -0.39 is 46.3 Å². The van der Waals surface area contributed by atoms with E-state index >= 15 is 0 Å². The highest BCUT2D eigenvalue weighted by Gasteiger charge is 2.61. The Hall–Kier alpha value is -3.06. The summed E-state index contributed by atoms with van der Waals surface area (Å²) >= 11 is 4.28. The topological polar surface area (TPSA) is 161 Å². The molecular formula is C21H20Cl2N4O7S. The van der Waals surface area contributed by atoms with Crippen LogP contribution in [0, 0.1) is 0 Å². The summed E-state index contributed by atoms with van der Waals surface area (Å²) in [5, 5.41) is 15.3. The number of halogens is 2. The molecule has 0 aliphatic carbocycles. The smallest absolute Gasteiger partial charge is 0.353 e. The zero-order valence-electron chi connectivity index (χ0n) is 18.1. The molecule has 1 fully saturated rings. The number of rotatable bonds is 7. The number of nitrogens with zero attached hydrogens (tertiary/aromatic N) is 2. The van der Waals surface area contributed by atoms with Crippen LogP contribution in [0.1, 0.15) is 6.92 Å². The molecule has 35 heavy (non-hydrogen) atoms. The van der Waals surface area contributed by atoms with Gasteiger partial charge in [0.2, 0.25) is 11.3 Å². The van der Waals surface area contributed by atoms with E-state index in [-0.39, 0.29) is 42.6 Å². The van der Waals surface area contributed by atoms with Crippen molar-refractivity contribution in [3.63, 3.8) is 0 Å². The normalized spacial score (nSPS) is 20.9. The quantitative estimate of drug-likeness (QED) is 0.263. The second-order valence-electron chi connectivity index (χ2n) is 7.58. The maximum absolute atomic E-state index is 12.7. The van der Waals surface area contributed by atoms with Gasteiger partial charge in [0.15, 0.2) is 6.04 Å². The van der Waals surface area contributed by atoms with Gasteiger partial charge in [-0.2, -0.15) is 0 Å². The van der Waals surface area contributed by atoms with E-state index in [4.69, 9.17) is 16.3 Å². The average Bonchev–Trinajstić information content (AvgIpc) is 2.78. The lowest BCUT2D eigenvalue weighted by Gasteiger charge is -2.48. The molecule has 1 aromatic heterocycles. The Bertz CT molecular complexity index is 1240. The minimum atomic E-state index is -1.70. The highest BCUT2D eigenvalue weighted by atomic mass is 35.5. The van der Waals surface area contributed by atoms with Gasteiger partial charge < -0.3 is 25.0 Å². The van der Waals surface area contributed by atoms with Crippen LogP contribution in [-0.2, 0) is 35.1 Å². The Balaban J connectivity index is 0.00000342. The SMILES string of the molecule is CC(=O)OCC1=C(C(=O)O)N2C(=O)[C@@H](NC(=O)CNc3ccnc4cc(Cl)ccc34)[C@H]2[S+]([O-])C1.Cl. The summed E-state index contributed by atoms with van der Waals surface area (Å²) < 4.78 is 17.6. The second kappa shape index (κ2) is 10.7. The highest BCUT2D eigenvalue weighted by Crippen LogP contribution is 2.36. The van der Waals surface area contributed by atoms with Gasteiger partial charge in [0, 0.05) is 34.8 Å². The first-order chi connectivity index (χ1) is 16.2. The summed E-state index contributed by atoms with van der Waals surface area (Å²) in [4.78, 5) is 53.2. The van der Waals surface area contributed by atoms with Crippen molar-refractivity contribution in [2.75, 3.05) is 24.2 Å². The number of hydrogen-bond donors (Lipinski definition) is 3. The Morgan fingerprint density at radius 1 is 1.34 bits per heavy atom. The van der Waals surface area contributed by atoms with E-state index in [9.17, 15) is 28.8 Å². The number of carbonyl (C=O) groups is 4. The van der Waals surface area contributed by atoms with Crippen LogP contribution >= 0.6 is 24.0 Å². The first-order valence-electron chi connectivity index (χ1n) is 10.0. The van der Waals surface area contributed by atoms with Crippen molar-refractivity contribution in [1.82, 2.24) is 15.2 Å². The van der Waals surface area contributed by atoms with Crippen molar-refractivity contribution < 1.29 is 33.6 Å². The monoisotopic (exact) mass is 542 g/mol. The molecule has 1 unspecified atom stereocenters. The third kappa shape index (κ3) is 5.30. The van der Waals surface area contributed by atoms with Crippen LogP contribution in [0.2, 0.25) is 5.02 Å². The molecule has 2 aromatic rings. The number of β-lactam (4-membered cyclic amide) rings is 1. The number of aliphatic carboxylic acids is 1. The Morgan fingerprint density at radius 3 is 2.77 bits per heavy atom. The molecule has 0 spiro atoms. The number of carbonyl (C=O) groups excluding carboxylic acids is 3. The van der Waals surface area contributed by atoms with Crippen LogP contribution in [0.15, 0.2) is 41.7 Å². The van der Waals surface area contributed by atoms with Crippen molar-refractivity contribution in [1.29, 1.82) is 0 Å². The van der Waals surface area contributed by atoms with E-state index in [0.29, 0.717) is 16.2 Å². The Labute approximate surface area is 213 Å². The fourth-order valence-electron chi connectivity index (χ4n) is 3.83. The number of amides is 2. The number of aromatic nitrogens is 1. The molecule has 0 saturated carbocycles. The zero-order valence-corrected chi connectivity index (χ0v) is 20.5. The molecule has 2 amide bonds. The van der Waals surface area contributed by atoms with Crippen molar-refractivity contribution in [2.45, 2.75) is 18.3 Å². The first kappa shape index (κ1) is 26.5. The van der Waals surface area contributed by atoms with Crippen LogP contribution < -0.4 is 10.6 Å². The van der Waals surface area contributed by atoms with Crippen molar-refractivity contribution >= 4 is 75.5 Å². The summed E-state index contributed by atoms with van der Waals surface area (Å²) in [5.74, 6) is -3.48. The number of esters is 1. The first-order valence-corrected chi connectivity index (χ1v) is 11.8. The van der Waals surface area contributed by atoms with Gasteiger partial charge in [-0.1, -0.05) is 11.6 Å². The molecule has 186 valence electrons. The summed E-state index contributed by atoms with van der Waals surface area (Å²) in [6.45, 7) is 0.581. The number of fused-ring (bicyclic) bond motifs is 2. The predicted molar refractivity (Wildman–Crippen MR) is 129 cm³/mol. The number of benzene rings is 1. The van der Waals surface area contributed by atoms with Gasteiger partial charge in [-0.05, 0) is 35.4 Å². The molecule has 3 N–H and O–H groups in total. The number of anilines is 1. The van der Waals surface area contributed by atoms with Crippen LogP contribution in [0.3, 0.4) is 0 Å². The van der Waals surface area contributed by atoms with Crippen LogP contribution in [0.25, 0.3) is 10.9 Å². The van der Waals surface area contributed by atoms with Crippen molar-refractivity contribution in [3.05, 3.63) is 46.8 Å². The number of hydrogen-bond acceptors (Lipinski definition) is 8. The van der Waals surface area contributed by atoms with E-state index in [1.54, 1.807) is 30.5 Å². The minimum absolute atomic E-state index is 0. The van der Waals surface area contributed by atoms with Gasteiger partial charge in [-0.15, -0.1) is 12.4 Å². The third-order valence-electron chi connectivity index (χ3n) is 5.32. The van der Waals surface area contributed by atoms with Crippen LogP contribution in [0.4, 0.5) is 5.69 Å². The highest BCUT2D eigenvalue weighted by molar-refractivity contribution is 7.92. The minimum Gasteiger partial charge on any atom is -0.614 e. The number of ether oxygens (including phenoxy) is 1. The molecule has 3 atom stereocenters. The molecule has 2 aliphatic rings. The molecule has 11 nitrogen and oxygen atoms in total. The van der Waals surface area contributed by atoms with Gasteiger partial charge in [0.25, 0.3) is 5.91 Å². The van der Waals surface area contributed by atoms with Crippen LogP contribution in [-0.4, -0.2) is 73.6 Å². The summed E-state index contributed by atoms with van der Waals surface area (Å²) in [6.07, 6.45) is 1.56. The van der Waals surface area contributed by atoms with E-state index in [2.05, 4.69) is 15.6 Å². The van der Waals surface area contributed by atoms with E-state index in [1.807, 2.05) is 0 Å². The summed E-state index contributed by atoms with van der Waals surface area (Å²) in [7, 11) is 0. The lowest BCUT2D eigenvalue weighted by atomic mass is 10.0. The maximum Gasteiger partial charge on any atom is 0.353 e. The molecule has 4 rings (SSSR count). The van der Waals surface area contributed by atoms with Gasteiger partial charge in [0.05, 0.1) is 12.1 Å². The van der Waals surface area contributed by atoms with Gasteiger partial charge in [0.1, 0.15) is 18.1 Å². The number of pyridine rings is 1. The lowest BCUT2D eigenvalue weighted by Crippen LogP contribution is -2.75. The molecule has 14 heteroatoms. The predicted octanol–water partition coefficient (Wildman–Crippen LogP) is 1.04. The molecule has 0 radical (unpaired) electrons. The lowest BCUT2D eigenvalue weighted by molar-refractivity contribution is -0.151. The zero-order chi connectivity index (χ0) is 24.6. The Kier molecular flexibility index (Phi) is 8.11. The maximum atomic E-state index is 12.7. The van der Waals surface area contributed by atoms with Gasteiger partial charge in [-0.25, -0.2) is 4.79 Å². The molecular weight excluding hydrogens is 523 g/mol. The standard InChI is InChI=1S/C21H19ClN4O7S.ClH/c1-10(27)33-8-11-9-34(32)20-17(19(29)26(20)18(11)21(30)31)25-16(28)7-24-14-4-5-23-15-6-12(22)2-3-13(14)15;/h2-6,17,20H,7-9H2,1H3,(H,23,24)(H,25,28)(H,30,31);1H/t17-,20-,34?;/m1./s1. The van der Waals surface area contributed by atoms with Crippen molar-refractivity contribution in [3.8, 4) is 0 Å². The molecule has 0 bridgehead atoms. The molecule has 1 saturated heterocycles. The second-order valence-corrected chi connectivity index (χ2v) is 9.55. The third-order valence-corrected chi connectivity index (χ3v) is 7.21. The van der Waals surface area contributed by atoms with E-state index in [1.165, 1.54) is 0 Å². The van der Waals surface area contributed by atoms with Gasteiger partial charge in [-0.3, -0.25) is 24.3 Å². The number of carboxylic acid groups (broad SMARTS) is 1. The van der Waals surface area contributed by atoms with E-state index in [0.717, 1.165) is 17.2 Å². The van der Waals surface area contributed by atoms with Crippen LogP contribution in [0.5, 0.6) is 0 Å². The Morgan fingerprint density at radius 2 is 2.09 bits per heavy atom. The largest absolute Gasteiger partial charge is 0.614 e. The summed E-state index contributed by atoms with van der Waals surface area (Å²) in [6, 6.07) is 5.69. The van der Waals surface area contributed by atoms with Crippen molar-refractivity contribution in [2.24, 2.45) is 0 Å². The average molecular weight is 543 g/mol. The molecule has 2 aliphatic heterocycles. The van der Waals surface area contributed by atoms with Gasteiger partial charge >= 0.3 is 11.9 Å². The number of carboxylic acids is 1.